The number of amides is 1. The Bertz CT molecular complexity index is 746. The molecule has 3 fully saturated rings. The number of alkyl halides is 3. The van der Waals surface area contributed by atoms with E-state index in [1.54, 1.807) is 12.0 Å². The van der Waals surface area contributed by atoms with Crippen molar-refractivity contribution in [3.05, 3.63) is 17.7 Å². The third-order valence-electron chi connectivity index (χ3n) is 6.22. The highest BCUT2D eigenvalue weighted by molar-refractivity contribution is 5.98. The summed E-state index contributed by atoms with van der Waals surface area (Å²) in [6.07, 6.45) is -3.45. The average molecular weight is 413 g/mol. The largest absolute Gasteiger partial charge is 0.481 e. The number of halogens is 3. The van der Waals surface area contributed by atoms with Crippen molar-refractivity contribution in [1.29, 1.82) is 0 Å². The molecule has 3 aliphatic heterocycles. The minimum atomic E-state index is -4.15. The molecule has 3 saturated heterocycles. The molecule has 0 spiro atoms. The van der Waals surface area contributed by atoms with Crippen LogP contribution in [0.25, 0.3) is 0 Å². The first-order valence-electron chi connectivity index (χ1n) is 10.0. The number of aromatic nitrogens is 1. The molecule has 1 unspecified atom stereocenters. The molecule has 160 valence electrons. The van der Waals surface area contributed by atoms with Gasteiger partial charge in [0.2, 0.25) is 11.8 Å². The average Bonchev–Trinajstić information content (AvgIpc) is 3.37. The van der Waals surface area contributed by atoms with Crippen molar-refractivity contribution in [2.24, 2.45) is 5.92 Å². The first-order valence-corrected chi connectivity index (χ1v) is 10.0. The van der Waals surface area contributed by atoms with Crippen LogP contribution in [0.1, 0.15) is 30.7 Å². The lowest BCUT2D eigenvalue weighted by Crippen LogP contribution is -2.47. The van der Waals surface area contributed by atoms with Crippen LogP contribution >= 0.6 is 0 Å². The number of carbonyl (C=O) groups excluding carboxylic acids is 1. The van der Waals surface area contributed by atoms with E-state index in [-0.39, 0.29) is 30.7 Å². The monoisotopic (exact) mass is 413 g/mol. The normalized spacial score (nSPS) is 25.2. The second-order valence-corrected chi connectivity index (χ2v) is 7.87. The number of ether oxygens (including phenoxy) is 1. The molecule has 0 saturated carbocycles. The molecule has 1 amide bonds. The third kappa shape index (κ3) is 4.06. The van der Waals surface area contributed by atoms with Crippen molar-refractivity contribution in [3.8, 4) is 5.88 Å². The van der Waals surface area contributed by atoms with Crippen LogP contribution < -0.4 is 20.5 Å². The van der Waals surface area contributed by atoms with Gasteiger partial charge in [-0.2, -0.15) is 18.2 Å². The lowest BCUT2D eigenvalue weighted by atomic mass is 9.95. The number of rotatable bonds is 4. The van der Waals surface area contributed by atoms with Gasteiger partial charge in [-0.1, -0.05) is 0 Å². The molecule has 0 aliphatic carbocycles. The Morgan fingerprint density at radius 1 is 1.10 bits per heavy atom. The van der Waals surface area contributed by atoms with Gasteiger partial charge in [-0.25, -0.2) is 0 Å². The summed E-state index contributed by atoms with van der Waals surface area (Å²) in [5.41, 5.74) is 7.14. The fourth-order valence-corrected chi connectivity index (χ4v) is 4.52. The van der Waals surface area contributed by atoms with Gasteiger partial charge in [0.1, 0.15) is 5.82 Å². The Hall–Kier alpha value is -1.91. The third-order valence-corrected chi connectivity index (χ3v) is 6.22. The van der Waals surface area contributed by atoms with Crippen molar-refractivity contribution >= 4 is 11.7 Å². The van der Waals surface area contributed by atoms with E-state index < -0.39 is 12.1 Å². The lowest BCUT2D eigenvalue weighted by Gasteiger charge is -2.35. The van der Waals surface area contributed by atoms with Crippen molar-refractivity contribution in [2.75, 3.05) is 44.7 Å². The zero-order valence-corrected chi connectivity index (χ0v) is 16.3. The van der Waals surface area contributed by atoms with E-state index >= 15 is 0 Å². The molecule has 4 rings (SSSR count). The van der Waals surface area contributed by atoms with E-state index in [0.717, 1.165) is 18.7 Å². The SMILES string of the molecule is COc1nc(N2CCC(N3CCC(C(F)(F)F)CC3)C2=O)ccc1C1CNNC1. The van der Waals surface area contributed by atoms with E-state index in [9.17, 15) is 18.0 Å². The zero-order valence-electron chi connectivity index (χ0n) is 16.3. The maximum Gasteiger partial charge on any atom is 0.391 e. The van der Waals surface area contributed by atoms with Crippen LogP contribution in [0.3, 0.4) is 0 Å². The molecule has 7 nitrogen and oxygen atoms in total. The van der Waals surface area contributed by atoms with Gasteiger partial charge in [0.15, 0.2) is 0 Å². The maximum atomic E-state index is 13.0. The van der Waals surface area contributed by atoms with Gasteiger partial charge in [-0.05, 0) is 44.5 Å². The molecule has 1 aromatic heterocycles. The smallest absolute Gasteiger partial charge is 0.391 e. The summed E-state index contributed by atoms with van der Waals surface area (Å²) in [4.78, 5) is 21.1. The van der Waals surface area contributed by atoms with E-state index in [1.165, 1.54) is 0 Å². The Balaban J connectivity index is 1.44. The molecule has 1 aromatic rings. The Labute approximate surface area is 167 Å². The van der Waals surface area contributed by atoms with E-state index in [2.05, 4.69) is 15.8 Å². The topological polar surface area (TPSA) is 69.7 Å². The van der Waals surface area contributed by atoms with E-state index in [1.807, 2.05) is 17.0 Å². The Morgan fingerprint density at radius 3 is 2.41 bits per heavy atom. The molecule has 29 heavy (non-hydrogen) atoms. The van der Waals surface area contributed by atoms with Crippen molar-refractivity contribution in [1.82, 2.24) is 20.7 Å². The Morgan fingerprint density at radius 2 is 1.79 bits per heavy atom. The predicted octanol–water partition coefficient (Wildman–Crippen LogP) is 1.66. The second-order valence-electron chi connectivity index (χ2n) is 7.87. The number of piperidine rings is 1. The number of hydrogen-bond acceptors (Lipinski definition) is 6. The summed E-state index contributed by atoms with van der Waals surface area (Å²) in [7, 11) is 1.56. The lowest BCUT2D eigenvalue weighted by molar-refractivity contribution is -0.186. The molecule has 3 aliphatic rings. The van der Waals surface area contributed by atoms with Crippen molar-refractivity contribution < 1.29 is 22.7 Å². The fourth-order valence-electron chi connectivity index (χ4n) is 4.52. The fraction of sp³-hybridized carbons (Fsp3) is 0.684. The highest BCUT2D eigenvalue weighted by Gasteiger charge is 2.44. The molecular weight excluding hydrogens is 387 g/mol. The van der Waals surface area contributed by atoms with Gasteiger partial charge >= 0.3 is 6.18 Å². The standard InChI is InChI=1S/C19H26F3N5O2/c1-29-17-14(12-10-23-24-11-12)2-3-16(25-17)27-9-6-15(18(27)28)26-7-4-13(5-8-26)19(20,21)22/h2-3,12-13,15,23-24H,4-11H2,1H3. The summed E-state index contributed by atoms with van der Waals surface area (Å²) in [5, 5.41) is 0. The Kier molecular flexibility index (Phi) is 5.67. The molecule has 1 atom stereocenters. The summed E-state index contributed by atoms with van der Waals surface area (Å²) in [6.45, 7) is 2.65. The number of likely N-dealkylation sites (tertiary alicyclic amines) is 1. The van der Waals surface area contributed by atoms with Crippen LogP contribution in [-0.4, -0.2) is 67.8 Å². The van der Waals surface area contributed by atoms with Crippen LogP contribution in [0.4, 0.5) is 19.0 Å². The molecule has 2 N–H and O–H groups in total. The number of methoxy groups -OCH3 is 1. The van der Waals surface area contributed by atoms with Gasteiger partial charge in [-0.3, -0.25) is 25.4 Å². The van der Waals surface area contributed by atoms with Crippen LogP contribution in [0.5, 0.6) is 5.88 Å². The van der Waals surface area contributed by atoms with Gasteiger partial charge < -0.3 is 4.74 Å². The number of pyridine rings is 1. The molecule has 0 aromatic carbocycles. The minimum absolute atomic E-state index is 0.0531. The zero-order chi connectivity index (χ0) is 20.6. The van der Waals surface area contributed by atoms with Crippen LogP contribution in [0.15, 0.2) is 12.1 Å². The number of anilines is 1. The minimum Gasteiger partial charge on any atom is -0.481 e. The number of nitrogens with one attached hydrogen (secondary N) is 2. The van der Waals surface area contributed by atoms with Crippen molar-refractivity contribution in [2.45, 2.75) is 37.4 Å². The molecule has 0 radical (unpaired) electrons. The highest BCUT2D eigenvalue weighted by Crippen LogP contribution is 2.36. The summed E-state index contributed by atoms with van der Waals surface area (Å²) >= 11 is 0. The first kappa shape index (κ1) is 20.4. The van der Waals surface area contributed by atoms with Crippen LogP contribution in [-0.2, 0) is 4.79 Å². The second kappa shape index (κ2) is 8.08. The predicted molar refractivity (Wildman–Crippen MR) is 101 cm³/mol. The maximum absolute atomic E-state index is 13.0. The number of hydrazine groups is 1. The van der Waals surface area contributed by atoms with Gasteiger partial charge in [-0.15, -0.1) is 0 Å². The summed E-state index contributed by atoms with van der Waals surface area (Å²) in [5.74, 6) is -0.0859. The summed E-state index contributed by atoms with van der Waals surface area (Å²) < 4.78 is 44.2. The van der Waals surface area contributed by atoms with Crippen LogP contribution in [0.2, 0.25) is 0 Å². The number of nitrogens with zero attached hydrogens (tertiary/aromatic N) is 3. The highest BCUT2D eigenvalue weighted by atomic mass is 19.4. The number of carbonyl (C=O) groups is 1. The van der Waals surface area contributed by atoms with Gasteiger partial charge in [0.25, 0.3) is 0 Å². The molecule has 4 heterocycles. The number of hydrogen-bond donors (Lipinski definition) is 2. The molecule has 10 heteroatoms. The van der Waals surface area contributed by atoms with E-state index in [4.69, 9.17) is 4.74 Å². The van der Waals surface area contributed by atoms with Crippen molar-refractivity contribution in [3.63, 3.8) is 0 Å². The first-order chi connectivity index (χ1) is 13.9. The van der Waals surface area contributed by atoms with Gasteiger partial charge in [0, 0.05) is 31.1 Å². The molecular formula is C19H26F3N5O2. The van der Waals surface area contributed by atoms with E-state index in [0.29, 0.717) is 37.8 Å². The van der Waals surface area contributed by atoms with Gasteiger partial charge in [0.05, 0.1) is 19.1 Å². The summed E-state index contributed by atoms with van der Waals surface area (Å²) in [6, 6.07) is 3.39. The molecule has 0 bridgehead atoms. The quantitative estimate of drug-likeness (QED) is 0.783. The van der Waals surface area contributed by atoms with Crippen LogP contribution in [0, 0.1) is 5.92 Å².